The highest BCUT2D eigenvalue weighted by Gasteiger charge is 2.19. The van der Waals surface area contributed by atoms with Crippen molar-refractivity contribution in [2.45, 2.75) is 26.7 Å². The average Bonchev–Trinajstić information content (AvgIpc) is 2.70. The standard InChI is InChI=1S/C23H26N4O/c1-17-9-8-14-27(16-17)23-24-18(2)15-22(26-23)25-20-12-6-7-13-21(20)28-19-10-4-3-5-11-19/h3-7,10-13,15,17H,8-9,14,16H2,1-2H3,(H,24,25,26). The number of nitrogens with zero attached hydrogens (tertiary/aromatic N) is 3. The Bertz CT molecular complexity index is 929. The minimum Gasteiger partial charge on any atom is -0.455 e. The van der Waals surface area contributed by atoms with E-state index in [1.54, 1.807) is 0 Å². The molecule has 144 valence electrons. The Morgan fingerprint density at radius 2 is 1.82 bits per heavy atom. The van der Waals surface area contributed by atoms with Crippen LogP contribution in [0.25, 0.3) is 0 Å². The number of para-hydroxylation sites is 3. The summed E-state index contributed by atoms with van der Waals surface area (Å²) in [5.74, 6) is 3.83. The number of rotatable bonds is 5. The predicted octanol–water partition coefficient (Wildman–Crippen LogP) is 5.56. The minimum absolute atomic E-state index is 0.675. The first-order chi connectivity index (χ1) is 13.7. The fraction of sp³-hybridized carbons (Fsp3) is 0.304. The molecule has 2 heterocycles. The topological polar surface area (TPSA) is 50.3 Å². The zero-order valence-corrected chi connectivity index (χ0v) is 16.4. The summed E-state index contributed by atoms with van der Waals surface area (Å²) in [6, 6.07) is 19.7. The van der Waals surface area contributed by atoms with E-state index in [0.29, 0.717) is 5.92 Å². The largest absolute Gasteiger partial charge is 0.455 e. The molecule has 1 aliphatic heterocycles. The summed E-state index contributed by atoms with van der Waals surface area (Å²) in [7, 11) is 0. The van der Waals surface area contributed by atoms with Gasteiger partial charge < -0.3 is 15.0 Å². The second-order valence-corrected chi connectivity index (χ2v) is 7.42. The maximum absolute atomic E-state index is 6.06. The van der Waals surface area contributed by atoms with Gasteiger partial charge in [0.25, 0.3) is 0 Å². The number of anilines is 3. The molecule has 2 aromatic carbocycles. The zero-order chi connectivity index (χ0) is 19.3. The molecule has 0 bridgehead atoms. The molecule has 5 heteroatoms. The van der Waals surface area contributed by atoms with Gasteiger partial charge in [-0.3, -0.25) is 0 Å². The molecule has 0 saturated carbocycles. The lowest BCUT2D eigenvalue weighted by molar-refractivity contribution is 0.442. The Hall–Kier alpha value is -3.08. The van der Waals surface area contributed by atoms with E-state index in [1.165, 1.54) is 12.8 Å². The van der Waals surface area contributed by atoms with E-state index in [2.05, 4.69) is 22.1 Å². The molecule has 1 aromatic heterocycles. The first-order valence-electron chi connectivity index (χ1n) is 9.87. The van der Waals surface area contributed by atoms with Crippen molar-refractivity contribution < 1.29 is 4.74 Å². The highest BCUT2D eigenvalue weighted by molar-refractivity contribution is 5.65. The summed E-state index contributed by atoms with van der Waals surface area (Å²) in [4.78, 5) is 11.7. The average molecular weight is 374 g/mol. The van der Waals surface area contributed by atoms with Gasteiger partial charge in [-0.05, 0) is 49.9 Å². The van der Waals surface area contributed by atoms with Crippen LogP contribution in [0.5, 0.6) is 11.5 Å². The van der Waals surface area contributed by atoms with E-state index < -0.39 is 0 Å². The van der Waals surface area contributed by atoms with E-state index in [9.17, 15) is 0 Å². The van der Waals surface area contributed by atoms with Crippen molar-refractivity contribution >= 4 is 17.5 Å². The van der Waals surface area contributed by atoms with Crippen LogP contribution in [0.15, 0.2) is 60.7 Å². The molecule has 1 fully saturated rings. The lowest BCUT2D eigenvalue weighted by Crippen LogP contribution is -2.35. The van der Waals surface area contributed by atoms with Gasteiger partial charge in [-0.15, -0.1) is 0 Å². The molecule has 0 radical (unpaired) electrons. The van der Waals surface area contributed by atoms with Crippen molar-refractivity contribution in [2.75, 3.05) is 23.3 Å². The summed E-state index contributed by atoms with van der Waals surface area (Å²) in [6.07, 6.45) is 2.46. The molecule has 0 spiro atoms. The van der Waals surface area contributed by atoms with E-state index in [1.807, 2.05) is 67.6 Å². The minimum atomic E-state index is 0.675. The van der Waals surface area contributed by atoms with Crippen molar-refractivity contribution in [1.29, 1.82) is 0 Å². The van der Waals surface area contributed by atoms with Crippen LogP contribution in [-0.4, -0.2) is 23.1 Å². The molecular formula is C23H26N4O. The number of piperidine rings is 1. The van der Waals surface area contributed by atoms with E-state index in [-0.39, 0.29) is 0 Å². The van der Waals surface area contributed by atoms with E-state index in [4.69, 9.17) is 9.72 Å². The number of ether oxygens (including phenoxy) is 1. The third kappa shape index (κ3) is 4.42. The Labute approximate surface area is 166 Å². The Morgan fingerprint density at radius 1 is 1.04 bits per heavy atom. The molecule has 1 unspecified atom stereocenters. The Kier molecular flexibility index (Phi) is 5.42. The Morgan fingerprint density at radius 3 is 2.64 bits per heavy atom. The maximum atomic E-state index is 6.06. The van der Waals surface area contributed by atoms with Crippen LogP contribution < -0.4 is 15.0 Å². The first-order valence-corrected chi connectivity index (χ1v) is 9.87. The second kappa shape index (κ2) is 8.30. The SMILES string of the molecule is Cc1cc(Nc2ccccc2Oc2ccccc2)nc(N2CCCC(C)C2)n1. The molecule has 5 nitrogen and oxygen atoms in total. The van der Waals surface area contributed by atoms with Crippen LogP contribution in [0.1, 0.15) is 25.5 Å². The van der Waals surface area contributed by atoms with Gasteiger partial charge in [0.1, 0.15) is 11.6 Å². The first kappa shape index (κ1) is 18.3. The van der Waals surface area contributed by atoms with Gasteiger partial charge in [0.2, 0.25) is 5.95 Å². The van der Waals surface area contributed by atoms with Gasteiger partial charge in [-0.2, -0.15) is 4.98 Å². The third-order valence-corrected chi connectivity index (χ3v) is 4.90. The fourth-order valence-corrected chi connectivity index (χ4v) is 3.54. The van der Waals surface area contributed by atoms with Crippen molar-refractivity contribution in [3.63, 3.8) is 0 Å². The van der Waals surface area contributed by atoms with Gasteiger partial charge in [0, 0.05) is 24.8 Å². The van der Waals surface area contributed by atoms with Crippen molar-refractivity contribution in [2.24, 2.45) is 5.92 Å². The van der Waals surface area contributed by atoms with Gasteiger partial charge >= 0.3 is 0 Å². The summed E-state index contributed by atoms with van der Waals surface area (Å²) >= 11 is 0. The van der Waals surface area contributed by atoms with Gasteiger partial charge in [-0.25, -0.2) is 4.98 Å². The molecule has 0 aliphatic carbocycles. The summed E-state index contributed by atoms with van der Waals surface area (Å²) in [5, 5.41) is 3.42. The van der Waals surface area contributed by atoms with Gasteiger partial charge in [0.05, 0.1) is 5.69 Å². The molecule has 1 aliphatic rings. The summed E-state index contributed by atoms with van der Waals surface area (Å²) in [6.45, 7) is 6.33. The zero-order valence-electron chi connectivity index (χ0n) is 16.4. The van der Waals surface area contributed by atoms with E-state index >= 15 is 0 Å². The quantitative estimate of drug-likeness (QED) is 0.634. The van der Waals surface area contributed by atoms with Crippen LogP contribution in [0.3, 0.4) is 0 Å². The lowest BCUT2D eigenvalue weighted by Gasteiger charge is -2.31. The number of nitrogens with one attached hydrogen (secondary N) is 1. The highest BCUT2D eigenvalue weighted by atomic mass is 16.5. The number of benzene rings is 2. The highest BCUT2D eigenvalue weighted by Crippen LogP contribution is 2.31. The second-order valence-electron chi connectivity index (χ2n) is 7.42. The molecular weight excluding hydrogens is 348 g/mol. The molecule has 4 rings (SSSR count). The molecule has 1 saturated heterocycles. The van der Waals surface area contributed by atoms with Crippen LogP contribution in [0.4, 0.5) is 17.5 Å². The smallest absolute Gasteiger partial charge is 0.227 e. The number of aromatic nitrogens is 2. The molecule has 1 N–H and O–H groups in total. The van der Waals surface area contributed by atoms with Crippen LogP contribution >= 0.6 is 0 Å². The van der Waals surface area contributed by atoms with Crippen LogP contribution in [0.2, 0.25) is 0 Å². The predicted molar refractivity (Wildman–Crippen MR) is 114 cm³/mol. The summed E-state index contributed by atoms with van der Waals surface area (Å²) in [5.41, 5.74) is 1.83. The van der Waals surface area contributed by atoms with Crippen molar-refractivity contribution in [1.82, 2.24) is 9.97 Å². The number of hydrogen-bond acceptors (Lipinski definition) is 5. The van der Waals surface area contributed by atoms with Crippen LogP contribution in [0, 0.1) is 12.8 Å². The molecule has 3 aromatic rings. The monoisotopic (exact) mass is 374 g/mol. The lowest BCUT2D eigenvalue weighted by atomic mass is 10.0. The Balaban J connectivity index is 1.58. The number of hydrogen-bond donors (Lipinski definition) is 1. The van der Waals surface area contributed by atoms with Crippen molar-refractivity contribution in [3.8, 4) is 11.5 Å². The van der Waals surface area contributed by atoms with Crippen molar-refractivity contribution in [3.05, 3.63) is 66.4 Å². The van der Waals surface area contributed by atoms with E-state index in [0.717, 1.165) is 47.7 Å². The normalized spacial score (nSPS) is 16.6. The molecule has 0 amide bonds. The molecule has 1 atom stereocenters. The maximum Gasteiger partial charge on any atom is 0.227 e. The van der Waals surface area contributed by atoms with Crippen LogP contribution in [-0.2, 0) is 0 Å². The molecule has 28 heavy (non-hydrogen) atoms. The number of aryl methyl sites for hydroxylation is 1. The third-order valence-electron chi connectivity index (χ3n) is 4.90. The van der Waals surface area contributed by atoms with Gasteiger partial charge in [-0.1, -0.05) is 37.3 Å². The summed E-state index contributed by atoms with van der Waals surface area (Å²) < 4.78 is 6.06. The van der Waals surface area contributed by atoms with Gasteiger partial charge in [0.15, 0.2) is 5.75 Å². The fourth-order valence-electron chi connectivity index (χ4n) is 3.54.